The van der Waals surface area contributed by atoms with Gasteiger partial charge in [0, 0.05) is 0 Å². The van der Waals surface area contributed by atoms with Crippen LogP contribution in [0.4, 0.5) is 0 Å². The van der Waals surface area contributed by atoms with Crippen molar-refractivity contribution < 1.29 is 154 Å². The normalized spacial score (nSPS) is 5.62. The van der Waals surface area contributed by atoms with Gasteiger partial charge in [-0.05, 0) is 0 Å². The molecule has 0 unspecified atom stereocenters. The second-order valence-corrected chi connectivity index (χ2v) is 3.57. The van der Waals surface area contributed by atoms with Gasteiger partial charge in [0.1, 0.15) is 0 Å². The third-order valence-corrected chi connectivity index (χ3v) is 0. The molecule has 15 N–H and O–H groups in total. The summed E-state index contributed by atoms with van der Waals surface area (Å²) in [5.41, 5.74) is 0. The molecule has 0 aromatic carbocycles. The quantitative estimate of drug-likeness (QED) is 0.0608. The van der Waals surface area contributed by atoms with E-state index in [1.54, 1.807) is 0 Å². The van der Waals surface area contributed by atoms with Crippen molar-refractivity contribution in [3.8, 4) is 0 Å². The predicted molar refractivity (Wildman–Crippen MR) is 166 cm³/mol. The van der Waals surface area contributed by atoms with Crippen molar-refractivity contribution in [3.63, 3.8) is 0 Å². The zero-order chi connectivity index (χ0) is 53.7. The molecule has 0 saturated carbocycles. The Balaban J connectivity index is -0.0000000199. The summed E-state index contributed by atoms with van der Waals surface area (Å²) >= 11 is 0. The first-order valence-electron chi connectivity index (χ1n) is 8.48. The fourth-order valence-corrected chi connectivity index (χ4v) is 0. The standard InChI is InChI=1S/4Ca.15HNO3.8H/c;;;;15*2-1(3)4;;;;;;;;/h;;;;15*(H,2,3,4);;;;;;;;. The SMILES string of the molecule is O=[N+]([O-])O.O=[N+]([O-])O.O=[N+]([O-])O.O=[N+]([O-])O.O=[N+]([O-])O.O=[N+]([O-])O.O=[N+]([O-])O.O=[N+]([O-])O.O=[N+]([O-])O.O=[N+]([O-])O.O=[N+]([O-])O.O=[N+]([O-])O.O=[N+]([O-])O.O=[N+]([O-])O.O=[N+]([O-])O.[CaH2].[CaH2].[CaH2].[CaH2]. The molecule has 0 atom stereocenters. The van der Waals surface area contributed by atoms with Crippen molar-refractivity contribution in [3.05, 3.63) is 152 Å². The van der Waals surface area contributed by atoms with Crippen LogP contribution in [-0.2, 0) is 0 Å². The first-order valence-corrected chi connectivity index (χ1v) is 8.48. The third kappa shape index (κ3) is 3320. The zero-order valence-electron chi connectivity index (χ0n) is 25.7. The molecule has 0 aromatic heterocycles. The first kappa shape index (κ1) is 124. The summed E-state index contributed by atoms with van der Waals surface area (Å²) in [5.74, 6) is 0. The van der Waals surface area contributed by atoms with Gasteiger partial charge in [0.05, 0.1) is 0 Å². The zero-order valence-corrected chi connectivity index (χ0v) is 25.7. The van der Waals surface area contributed by atoms with Gasteiger partial charge >= 0.3 is 151 Å². The van der Waals surface area contributed by atoms with Crippen LogP contribution in [0.1, 0.15) is 0 Å². The summed E-state index contributed by atoms with van der Waals surface area (Å²) in [4.78, 5) is 125. The molecule has 0 rings (SSSR count). The fourth-order valence-electron chi connectivity index (χ4n) is 0. The first-order chi connectivity index (χ1) is 26.0. The van der Waals surface area contributed by atoms with Crippen LogP contribution in [0, 0.1) is 152 Å². The minimum atomic E-state index is -1.50. The predicted octanol–water partition coefficient (Wildman–Crippen LogP) is -8.88. The monoisotopic (exact) mass is 1110 g/mol. The van der Waals surface area contributed by atoms with Crippen molar-refractivity contribution >= 4 is 151 Å². The Hall–Kier alpha value is -6.96. The van der Waals surface area contributed by atoms with E-state index in [0.29, 0.717) is 0 Å². The summed E-state index contributed by atoms with van der Waals surface area (Å²) < 4.78 is 0. The van der Waals surface area contributed by atoms with Crippen molar-refractivity contribution in [1.29, 1.82) is 0 Å². The molecule has 0 fully saturated rings. The van der Waals surface area contributed by atoms with Gasteiger partial charge in [-0.2, -0.15) is 0 Å². The fraction of sp³-hybridized carbons (Fsp3) is 0. The molecule has 0 aliphatic carbocycles. The molecular formula is H23Ca4N15O45. The van der Waals surface area contributed by atoms with Crippen molar-refractivity contribution in [2.75, 3.05) is 0 Å². The van der Waals surface area contributed by atoms with Crippen LogP contribution in [0.2, 0.25) is 0 Å². The third-order valence-electron chi connectivity index (χ3n) is 0. The van der Waals surface area contributed by atoms with E-state index in [4.69, 9.17) is 230 Å². The van der Waals surface area contributed by atoms with Crippen LogP contribution >= 0.6 is 0 Å². The van der Waals surface area contributed by atoms with E-state index in [-0.39, 0.29) is 151 Å². The van der Waals surface area contributed by atoms with Crippen molar-refractivity contribution in [2.45, 2.75) is 0 Å². The molecule has 64 heavy (non-hydrogen) atoms. The Morgan fingerprint density at radius 1 is 0.141 bits per heavy atom. The number of nitrogens with zero attached hydrogens (tertiary/aromatic N) is 15. The Labute approximate surface area is 452 Å². The summed E-state index contributed by atoms with van der Waals surface area (Å²) in [7, 11) is 0. The molecule has 376 valence electrons. The van der Waals surface area contributed by atoms with Crippen LogP contribution in [-0.4, -0.2) is 305 Å². The number of hydrogen-bond acceptors (Lipinski definition) is 30. The average Bonchev–Trinajstić information content (AvgIpc) is 2.78. The second-order valence-electron chi connectivity index (χ2n) is 3.57. The van der Waals surface area contributed by atoms with Crippen molar-refractivity contribution in [2.24, 2.45) is 0 Å². The maximum absolute atomic E-state index is 8.36. The van der Waals surface area contributed by atoms with Gasteiger partial charge in [-0.25, -0.2) is 0 Å². The molecule has 64 heteroatoms. The van der Waals surface area contributed by atoms with Crippen molar-refractivity contribution in [1.82, 2.24) is 0 Å². The summed E-state index contributed by atoms with van der Waals surface area (Å²) in [6.07, 6.45) is 0. The van der Waals surface area contributed by atoms with Gasteiger partial charge < -0.3 is 78.1 Å². The molecule has 0 radical (unpaired) electrons. The molecule has 0 bridgehead atoms. The molecule has 0 saturated heterocycles. The summed E-state index contributed by atoms with van der Waals surface area (Å²) in [5, 5.41) is 205. The Morgan fingerprint density at radius 2 is 0.141 bits per heavy atom. The Kier molecular flexibility index (Phi) is 227. The molecule has 60 nitrogen and oxygen atoms in total. The van der Waals surface area contributed by atoms with Gasteiger partial charge in [-0.15, -0.1) is 152 Å². The van der Waals surface area contributed by atoms with Gasteiger partial charge in [0.15, 0.2) is 0 Å². The Bertz CT molecular complexity index is 767. The van der Waals surface area contributed by atoms with Gasteiger partial charge in [0.2, 0.25) is 0 Å². The van der Waals surface area contributed by atoms with E-state index >= 15 is 0 Å². The average molecular weight is 1110 g/mol. The van der Waals surface area contributed by atoms with E-state index in [9.17, 15) is 0 Å². The van der Waals surface area contributed by atoms with Gasteiger partial charge in [-0.3, -0.25) is 0 Å². The topological polar surface area (TPSA) is 951 Å². The van der Waals surface area contributed by atoms with Gasteiger partial charge in [-0.1, -0.05) is 0 Å². The van der Waals surface area contributed by atoms with E-state index in [2.05, 4.69) is 0 Å². The molecular weight excluding hydrogens is 1090 g/mol. The van der Waals surface area contributed by atoms with E-state index in [1.807, 2.05) is 0 Å². The van der Waals surface area contributed by atoms with Crippen LogP contribution in [0.25, 0.3) is 0 Å². The van der Waals surface area contributed by atoms with E-state index in [0.717, 1.165) is 0 Å². The molecule has 0 amide bonds. The van der Waals surface area contributed by atoms with Crippen LogP contribution in [0.5, 0.6) is 0 Å². The molecule has 0 heterocycles. The van der Waals surface area contributed by atoms with Crippen LogP contribution in [0.3, 0.4) is 0 Å². The minimum absolute atomic E-state index is 0. The maximum atomic E-state index is 8.36. The molecule has 0 aliphatic heterocycles. The van der Waals surface area contributed by atoms with Gasteiger partial charge in [0.25, 0.3) is 76.3 Å². The second kappa shape index (κ2) is 117. The summed E-state index contributed by atoms with van der Waals surface area (Å²) in [6.45, 7) is 0. The van der Waals surface area contributed by atoms with Crippen LogP contribution in [0.15, 0.2) is 0 Å². The van der Waals surface area contributed by atoms with Crippen LogP contribution < -0.4 is 0 Å². The van der Waals surface area contributed by atoms with E-state index in [1.165, 1.54) is 0 Å². The number of rotatable bonds is 0. The summed E-state index contributed by atoms with van der Waals surface area (Å²) in [6, 6.07) is 0. The molecule has 0 aromatic rings. The van der Waals surface area contributed by atoms with E-state index < -0.39 is 76.3 Å². The Morgan fingerprint density at radius 3 is 0.141 bits per heavy atom. The molecule has 0 spiro atoms. The number of hydrogen-bond donors (Lipinski definition) is 15. The molecule has 0 aliphatic rings.